The van der Waals surface area contributed by atoms with Crippen molar-refractivity contribution in [2.45, 2.75) is 26.8 Å². The molecule has 1 atom stereocenters. The molecule has 2 aromatic rings. The highest BCUT2D eigenvalue weighted by Gasteiger charge is 2.34. The summed E-state index contributed by atoms with van der Waals surface area (Å²) in [7, 11) is 0. The molecule has 0 N–H and O–H groups in total. The van der Waals surface area contributed by atoms with Crippen LogP contribution in [0.25, 0.3) is 0 Å². The number of hydrogen-bond donors (Lipinski definition) is 0. The third kappa shape index (κ3) is 2.80. The molecule has 124 valence electrons. The predicted octanol–water partition coefficient (Wildman–Crippen LogP) is 3.72. The van der Waals surface area contributed by atoms with Gasteiger partial charge in [-0.15, -0.1) is 0 Å². The zero-order chi connectivity index (χ0) is 17.3. The normalized spacial score (nSPS) is 17.7. The average Bonchev–Trinajstić information content (AvgIpc) is 2.70. The summed E-state index contributed by atoms with van der Waals surface area (Å²) in [6.45, 7) is 6.26. The first-order chi connectivity index (χ1) is 11.5. The number of nitrogens with zero attached hydrogens (tertiary/aromatic N) is 2. The highest BCUT2D eigenvalue weighted by atomic mass is 16.2. The second-order valence-corrected chi connectivity index (χ2v) is 6.47. The molecule has 1 aliphatic rings. The monoisotopic (exact) mass is 322 g/mol. The zero-order valence-electron chi connectivity index (χ0n) is 14.3. The molecule has 0 bridgehead atoms. The van der Waals surface area contributed by atoms with Crippen LogP contribution in [0.3, 0.4) is 0 Å². The maximum Gasteiger partial charge on any atom is 0.258 e. The molecular weight excluding hydrogens is 300 g/mol. The summed E-state index contributed by atoms with van der Waals surface area (Å²) in [6, 6.07) is 16.9. The summed E-state index contributed by atoms with van der Waals surface area (Å²) in [5, 5.41) is 0. The van der Waals surface area contributed by atoms with Crippen LogP contribution in [0.5, 0.6) is 0 Å². The number of para-hydroxylation sites is 2. The topological polar surface area (TPSA) is 40.6 Å². The van der Waals surface area contributed by atoms with Gasteiger partial charge in [0.1, 0.15) is 0 Å². The maximum atomic E-state index is 13.0. The number of benzene rings is 2. The third-order valence-electron chi connectivity index (χ3n) is 4.33. The number of amides is 2. The molecule has 0 saturated carbocycles. The third-order valence-corrected chi connectivity index (χ3v) is 4.33. The van der Waals surface area contributed by atoms with Crippen molar-refractivity contribution in [3.05, 3.63) is 60.2 Å². The molecule has 2 amide bonds. The predicted molar refractivity (Wildman–Crippen MR) is 96.3 cm³/mol. The Morgan fingerprint density at radius 3 is 2.21 bits per heavy atom. The fourth-order valence-corrected chi connectivity index (χ4v) is 3.16. The molecule has 0 saturated heterocycles. The van der Waals surface area contributed by atoms with Crippen molar-refractivity contribution in [2.75, 3.05) is 16.3 Å². The van der Waals surface area contributed by atoms with Crippen LogP contribution in [0.2, 0.25) is 0 Å². The van der Waals surface area contributed by atoms with E-state index in [1.165, 1.54) is 0 Å². The van der Waals surface area contributed by atoms with Gasteiger partial charge < -0.3 is 9.80 Å². The first-order valence-corrected chi connectivity index (χ1v) is 8.29. The second-order valence-electron chi connectivity index (χ2n) is 6.47. The largest absolute Gasteiger partial charge is 0.308 e. The van der Waals surface area contributed by atoms with Crippen LogP contribution < -0.4 is 9.80 Å². The van der Waals surface area contributed by atoms with Crippen LogP contribution in [0.4, 0.5) is 11.4 Å². The van der Waals surface area contributed by atoms with E-state index in [4.69, 9.17) is 0 Å². The molecule has 1 heterocycles. The van der Waals surface area contributed by atoms with Gasteiger partial charge in [0.2, 0.25) is 5.91 Å². The summed E-state index contributed by atoms with van der Waals surface area (Å²) in [5.41, 5.74) is 2.22. The quantitative estimate of drug-likeness (QED) is 0.845. The summed E-state index contributed by atoms with van der Waals surface area (Å²) in [4.78, 5) is 29.4. The number of anilines is 2. The smallest absolute Gasteiger partial charge is 0.258 e. The van der Waals surface area contributed by atoms with E-state index in [2.05, 4.69) is 0 Å². The van der Waals surface area contributed by atoms with Gasteiger partial charge in [0.05, 0.1) is 17.3 Å². The lowest BCUT2D eigenvalue weighted by atomic mass is 10.1. The fraction of sp³-hybridized carbons (Fsp3) is 0.300. The molecular formula is C20H22N2O2. The van der Waals surface area contributed by atoms with Gasteiger partial charge in [0.25, 0.3) is 5.91 Å². The molecule has 4 heteroatoms. The van der Waals surface area contributed by atoms with E-state index < -0.39 is 0 Å². The summed E-state index contributed by atoms with van der Waals surface area (Å²) in [5.74, 6) is -0.276. The van der Waals surface area contributed by atoms with Gasteiger partial charge in [-0.05, 0) is 38.1 Å². The van der Waals surface area contributed by atoms with Crippen LogP contribution >= 0.6 is 0 Å². The van der Waals surface area contributed by atoms with Crippen molar-refractivity contribution in [2.24, 2.45) is 5.92 Å². The molecule has 0 fully saturated rings. The lowest BCUT2D eigenvalue weighted by molar-refractivity contribution is -0.121. The van der Waals surface area contributed by atoms with E-state index in [-0.39, 0.29) is 23.8 Å². The van der Waals surface area contributed by atoms with Crippen LogP contribution in [-0.2, 0) is 4.79 Å². The zero-order valence-corrected chi connectivity index (χ0v) is 14.3. The molecule has 0 aliphatic carbocycles. The van der Waals surface area contributed by atoms with Crippen LogP contribution in [0.1, 0.15) is 31.1 Å². The molecule has 1 aliphatic heterocycles. The summed E-state index contributed by atoms with van der Waals surface area (Å²) < 4.78 is 0. The Bertz CT molecular complexity index is 755. The Labute approximate surface area is 142 Å². The van der Waals surface area contributed by atoms with Crippen LogP contribution in [-0.4, -0.2) is 24.4 Å². The maximum absolute atomic E-state index is 13.0. The Morgan fingerprint density at radius 2 is 1.58 bits per heavy atom. The molecule has 0 aromatic heterocycles. The minimum Gasteiger partial charge on any atom is -0.308 e. The second kappa shape index (κ2) is 6.48. The van der Waals surface area contributed by atoms with Gasteiger partial charge in [-0.25, -0.2) is 0 Å². The fourth-order valence-electron chi connectivity index (χ4n) is 3.16. The van der Waals surface area contributed by atoms with E-state index in [1.54, 1.807) is 9.80 Å². The molecule has 0 radical (unpaired) electrons. The van der Waals surface area contributed by atoms with Gasteiger partial charge in [-0.3, -0.25) is 9.59 Å². The average molecular weight is 322 g/mol. The van der Waals surface area contributed by atoms with E-state index in [1.807, 2.05) is 75.4 Å². The Balaban J connectivity index is 2.12. The lowest BCUT2D eigenvalue weighted by Crippen LogP contribution is -2.41. The summed E-state index contributed by atoms with van der Waals surface area (Å²) in [6.07, 6.45) is 0. The number of hydrogen-bond acceptors (Lipinski definition) is 2. The minimum atomic E-state index is -0.257. The lowest BCUT2D eigenvalue weighted by Gasteiger charge is -2.28. The van der Waals surface area contributed by atoms with E-state index in [9.17, 15) is 9.59 Å². The highest BCUT2D eigenvalue weighted by molar-refractivity contribution is 6.11. The Kier molecular flexibility index (Phi) is 4.38. The molecule has 2 aromatic carbocycles. The first-order valence-electron chi connectivity index (χ1n) is 8.29. The minimum absolute atomic E-state index is 0.0351. The Hall–Kier alpha value is -2.62. The van der Waals surface area contributed by atoms with Crippen LogP contribution in [0.15, 0.2) is 54.6 Å². The molecule has 4 nitrogen and oxygen atoms in total. The van der Waals surface area contributed by atoms with Crippen molar-refractivity contribution in [3.8, 4) is 0 Å². The van der Waals surface area contributed by atoms with E-state index >= 15 is 0 Å². The van der Waals surface area contributed by atoms with Gasteiger partial charge >= 0.3 is 0 Å². The standard InChI is InChI=1S/C20H22N2O2/c1-14(2)22-18-12-8-7-11-17(18)21(13-15(3)19(22)23)20(24)16-9-5-4-6-10-16/h4-12,14-15H,13H2,1-3H3. The van der Waals surface area contributed by atoms with Gasteiger partial charge in [0, 0.05) is 18.2 Å². The van der Waals surface area contributed by atoms with E-state index in [0.717, 1.165) is 11.4 Å². The van der Waals surface area contributed by atoms with Gasteiger partial charge in [-0.2, -0.15) is 0 Å². The SMILES string of the molecule is CC1CN(C(=O)c2ccccc2)c2ccccc2N(C(C)C)C1=O. The molecule has 3 rings (SSSR count). The number of fused-ring (bicyclic) bond motifs is 1. The van der Waals surface area contributed by atoms with Crippen molar-refractivity contribution in [1.29, 1.82) is 0 Å². The number of rotatable bonds is 2. The van der Waals surface area contributed by atoms with E-state index in [0.29, 0.717) is 12.1 Å². The number of carbonyl (C=O) groups is 2. The van der Waals surface area contributed by atoms with Crippen molar-refractivity contribution in [3.63, 3.8) is 0 Å². The van der Waals surface area contributed by atoms with Crippen LogP contribution in [0, 0.1) is 5.92 Å². The molecule has 24 heavy (non-hydrogen) atoms. The van der Waals surface area contributed by atoms with Gasteiger partial charge in [0.15, 0.2) is 0 Å². The van der Waals surface area contributed by atoms with Gasteiger partial charge in [-0.1, -0.05) is 37.3 Å². The van der Waals surface area contributed by atoms with Crippen molar-refractivity contribution >= 4 is 23.2 Å². The number of carbonyl (C=O) groups excluding carboxylic acids is 2. The Morgan fingerprint density at radius 1 is 1.00 bits per heavy atom. The van der Waals surface area contributed by atoms with Crippen molar-refractivity contribution < 1.29 is 9.59 Å². The summed E-state index contributed by atoms with van der Waals surface area (Å²) >= 11 is 0. The molecule has 1 unspecified atom stereocenters. The molecule has 0 spiro atoms. The first kappa shape index (κ1) is 16.2. The van der Waals surface area contributed by atoms with Crippen molar-refractivity contribution in [1.82, 2.24) is 0 Å². The highest BCUT2D eigenvalue weighted by Crippen LogP contribution is 2.36.